The Morgan fingerprint density at radius 1 is 1.06 bits per heavy atom. The second-order valence-electron chi connectivity index (χ2n) is 14.5. The van der Waals surface area contributed by atoms with Crippen LogP contribution in [0.15, 0.2) is 47.4 Å². The molecule has 0 amide bonds. The Balaban J connectivity index is 0.000000944. The summed E-state index contributed by atoms with van der Waals surface area (Å²) in [6.45, 7) is 22.3. The first-order chi connectivity index (χ1) is 22.8. The summed E-state index contributed by atoms with van der Waals surface area (Å²) >= 11 is 0. The molecule has 3 fully saturated rings. The summed E-state index contributed by atoms with van der Waals surface area (Å²) in [5.74, 6) is 0.956. The monoisotopic (exact) mass is 763 g/mol. The van der Waals surface area contributed by atoms with E-state index < -0.39 is 15.9 Å². The molecule has 2 heterocycles. The topological polar surface area (TPSA) is 91.3 Å². The third-order valence-electron chi connectivity index (χ3n) is 9.94. The van der Waals surface area contributed by atoms with E-state index in [2.05, 4.69) is 27.1 Å². The van der Waals surface area contributed by atoms with E-state index in [0.717, 1.165) is 76.6 Å². The van der Waals surface area contributed by atoms with Crippen molar-refractivity contribution in [2.75, 3.05) is 25.6 Å². The molecule has 0 spiro atoms. The Bertz CT molecular complexity index is 1140. The fourth-order valence-corrected chi connectivity index (χ4v) is 9.43. The fraction of sp³-hybridized carbons (Fsp3) is 0.795. The molecule has 10 heteroatoms. The molecule has 0 aromatic heterocycles. The summed E-state index contributed by atoms with van der Waals surface area (Å²) in [7, 11) is -2.74. The third kappa shape index (κ3) is 17.4. The molecule has 4 rings (SSSR count). The molecule has 3 aliphatic rings. The predicted octanol–water partition coefficient (Wildman–Crippen LogP) is 9.38. The van der Waals surface area contributed by atoms with Crippen molar-refractivity contribution in [3.8, 4) is 0 Å². The van der Waals surface area contributed by atoms with Gasteiger partial charge in [-0.3, -0.25) is 0 Å². The first kappa shape index (κ1) is 46.7. The van der Waals surface area contributed by atoms with E-state index in [1.807, 2.05) is 40.7 Å². The molecule has 1 aromatic carbocycles. The minimum atomic E-state index is -3.31. The van der Waals surface area contributed by atoms with Gasteiger partial charge in [-0.05, 0) is 127 Å². The van der Waals surface area contributed by atoms with Crippen molar-refractivity contribution in [2.45, 2.75) is 154 Å². The van der Waals surface area contributed by atoms with E-state index >= 15 is 0 Å². The SMILES string of the molecule is C=C(C(O)C[C@@H]1CCC[C@H]1CS(=O)(=O)c1ccccc1)[C@H](C)C[C@@H](C)CC[C@H]1CCC(CCCOPC)O1.CC.CC1COC(C)(C)O1.[V]. The molecule has 7 nitrogen and oxygen atoms in total. The molecule has 1 aromatic rings. The molecule has 1 aliphatic carbocycles. The van der Waals surface area contributed by atoms with Crippen molar-refractivity contribution in [1.82, 2.24) is 0 Å². The van der Waals surface area contributed by atoms with Crippen LogP contribution in [-0.4, -0.2) is 69.4 Å². The number of aliphatic hydroxyl groups excluding tert-OH is 1. The van der Waals surface area contributed by atoms with Crippen molar-refractivity contribution in [3.05, 3.63) is 42.5 Å². The van der Waals surface area contributed by atoms with Crippen molar-refractivity contribution in [1.29, 1.82) is 0 Å². The molecule has 1 radical (unpaired) electrons. The standard InChI is InChI=1S/C31H51O5PS.C6H12O2.C2H6.V/c1-23(15-16-29-18-17-28(36-29)12-9-19-35-37-4)20-24(2)25(3)31(32)21-26-10-8-11-27(26)22-38(33,34)30-13-6-5-7-14-30;1-5-4-7-6(2,3)8-5;1-2;/h5-7,13-14,23-24,26-29,31-32,37H,3,8-12,15-22H2,1-2,4H3;5H,4H2,1-3H3;1-2H3;/t23-,24+,26-,27-,28?,29-,31?;;;/m0.../s1. The summed E-state index contributed by atoms with van der Waals surface area (Å²) in [6, 6.07) is 8.75. The van der Waals surface area contributed by atoms with E-state index in [4.69, 9.17) is 18.7 Å². The first-order valence-electron chi connectivity index (χ1n) is 18.7. The largest absolute Gasteiger partial charge is 0.389 e. The molecule has 283 valence electrons. The van der Waals surface area contributed by atoms with E-state index in [1.165, 1.54) is 6.42 Å². The summed E-state index contributed by atoms with van der Waals surface area (Å²) < 4.78 is 48.2. The van der Waals surface area contributed by atoms with Crippen molar-refractivity contribution >= 4 is 18.6 Å². The van der Waals surface area contributed by atoms with Crippen LogP contribution in [0.5, 0.6) is 0 Å². The average Bonchev–Trinajstić information content (AvgIpc) is 3.79. The van der Waals surface area contributed by atoms with E-state index in [-0.39, 0.29) is 54.0 Å². The number of aliphatic hydroxyl groups is 1. The van der Waals surface area contributed by atoms with Gasteiger partial charge in [0.05, 0.1) is 48.3 Å². The minimum Gasteiger partial charge on any atom is -0.389 e. The molecule has 2 saturated heterocycles. The van der Waals surface area contributed by atoms with Gasteiger partial charge in [0.25, 0.3) is 0 Å². The molecule has 1 N–H and O–H groups in total. The Morgan fingerprint density at radius 3 is 2.27 bits per heavy atom. The van der Waals surface area contributed by atoms with E-state index in [0.29, 0.717) is 38.2 Å². The normalized spacial score (nSPS) is 26.6. The Morgan fingerprint density at radius 2 is 1.69 bits per heavy atom. The van der Waals surface area contributed by atoms with E-state index in [1.54, 1.807) is 24.3 Å². The number of ether oxygens (including phenoxy) is 3. The summed E-state index contributed by atoms with van der Waals surface area (Å²) in [4.78, 5) is 0.401. The smallest absolute Gasteiger partial charge is 0.178 e. The van der Waals surface area contributed by atoms with Crippen LogP contribution in [0.2, 0.25) is 0 Å². The number of benzene rings is 1. The molecule has 0 bridgehead atoms. The number of hydrogen-bond donors (Lipinski definition) is 1. The van der Waals surface area contributed by atoms with Crippen molar-refractivity contribution in [2.24, 2.45) is 23.7 Å². The molecule has 49 heavy (non-hydrogen) atoms. The van der Waals surface area contributed by atoms with Crippen LogP contribution in [0.3, 0.4) is 0 Å². The van der Waals surface area contributed by atoms with Gasteiger partial charge < -0.3 is 23.8 Å². The molecule has 1 saturated carbocycles. The maximum absolute atomic E-state index is 12.9. The Labute approximate surface area is 314 Å². The van der Waals surface area contributed by atoms with Gasteiger partial charge in [-0.1, -0.05) is 65.3 Å². The average molecular weight is 764 g/mol. The molecule has 9 atom stereocenters. The van der Waals surface area contributed by atoms with Gasteiger partial charge in [0, 0.05) is 27.4 Å². The zero-order valence-electron chi connectivity index (χ0n) is 31.9. The zero-order chi connectivity index (χ0) is 35.7. The molecule has 2 aliphatic heterocycles. The van der Waals surface area contributed by atoms with Crippen molar-refractivity contribution in [3.63, 3.8) is 0 Å². The minimum absolute atomic E-state index is 0. The second kappa shape index (κ2) is 24.1. The molecular formula is C39H69O7PSV. The molecule has 4 unspecified atom stereocenters. The third-order valence-corrected chi connectivity index (χ3v) is 12.3. The van der Waals surface area contributed by atoms with Gasteiger partial charge in [-0.25, -0.2) is 8.42 Å². The van der Waals surface area contributed by atoms with Crippen LogP contribution in [0.25, 0.3) is 0 Å². The second-order valence-corrected chi connectivity index (χ2v) is 17.2. The number of rotatable bonds is 17. The van der Waals surface area contributed by atoms with Gasteiger partial charge >= 0.3 is 0 Å². The summed E-state index contributed by atoms with van der Waals surface area (Å²) in [5, 5.41) is 11.1. The molecular weight excluding hydrogens is 694 g/mol. The van der Waals surface area contributed by atoms with Gasteiger partial charge in [0.1, 0.15) is 0 Å². The van der Waals surface area contributed by atoms with Crippen LogP contribution < -0.4 is 0 Å². The van der Waals surface area contributed by atoms with Gasteiger partial charge in [-0.15, -0.1) is 0 Å². The number of sulfone groups is 1. The van der Waals surface area contributed by atoms with Gasteiger partial charge in [0.2, 0.25) is 0 Å². The summed E-state index contributed by atoms with van der Waals surface area (Å²) in [6.07, 6.45) is 11.8. The van der Waals surface area contributed by atoms with Crippen molar-refractivity contribution < 1.29 is 50.8 Å². The number of hydrogen-bond acceptors (Lipinski definition) is 7. The maximum atomic E-state index is 12.9. The fourth-order valence-electron chi connectivity index (χ4n) is 7.32. The van der Waals surface area contributed by atoms with Crippen LogP contribution in [0, 0.1) is 23.7 Å². The maximum Gasteiger partial charge on any atom is 0.178 e. The summed E-state index contributed by atoms with van der Waals surface area (Å²) in [5.41, 5.74) is 0.903. The predicted molar refractivity (Wildman–Crippen MR) is 201 cm³/mol. The van der Waals surface area contributed by atoms with E-state index in [9.17, 15) is 13.5 Å². The van der Waals surface area contributed by atoms with Crippen LogP contribution in [0.1, 0.15) is 119 Å². The Kier molecular flexibility index (Phi) is 23.0. The van der Waals surface area contributed by atoms with Gasteiger partial charge in [0.15, 0.2) is 15.6 Å². The van der Waals surface area contributed by atoms with Crippen LogP contribution >= 0.6 is 8.81 Å². The Hall–Kier alpha value is -0.276. The quantitative estimate of drug-likeness (QED) is 0.0961. The van der Waals surface area contributed by atoms with Crippen LogP contribution in [0.4, 0.5) is 0 Å². The first-order valence-corrected chi connectivity index (χ1v) is 21.8. The van der Waals surface area contributed by atoms with Crippen LogP contribution in [-0.2, 0) is 47.1 Å². The van der Waals surface area contributed by atoms with Gasteiger partial charge in [-0.2, -0.15) is 0 Å². The zero-order valence-corrected chi connectivity index (χ0v) is 35.1.